The number of anilines is 3. The van der Waals surface area contributed by atoms with Crippen molar-refractivity contribution < 1.29 is 0 Å². The van der Waals surface area contributed by atoms with Gasteiger partial charge in [-0.15, -0.1) is 0 Å². The molecule has 7 aromatic carbocycles. The monoisotopic (exact) mass is 655 g/mol. The van der Waals surface area contributed by atoms with Crippen LogP contribution in [0.3, 0.4) is 0 Å². The summed E-state index contributed by atoms with van der Waals surface area (Å²) in [5.74, 6) is 0. The van der Waals surface area contributed by atoms with E-state index in [-0.39, 0.29) is 10.8 Å². The highest BCUT2D eigenvalue weighted by Crippen LogP contribution is 2.62. The SMILES string of the molecule is CC1(C)C2=C(c3ccccc31)C(C)(C)c1cc(-c3ccc(N(c4ccc(-c5ccccc5)cc4)c4ccc(-c5ccccc5)cc4)cc3)ccc12. The van der Waals surface area contributed by atoms with Gasteiger partial charge in [0.2, 0.25) is 0 Å². The molecule has 0 spiro atoms. The maximum atomic E-state index is 2.45. The fraction of sp³-hybridized carbons (Fsp3) is 0.120. The fourth-order valence-corrected chi connectivity index (χ4v) is 8.66. The van der Waals surface area contributed by atoms with Crippen molar-refractivity contribution in [3.63, 3.8) is 0 Å². The lowest BCUT2D eigenvalue weighted by atomic mass is 9.75. The second kappa shape index (κ2) is 11.9. The van der Waals surface area contributed by atoms with Gasteiger partial charge in [0.1, 0.15) is 0 Å². The maximum absolute atomic E-state index is 2.45. The van der Waals surface area contributed by atoms with Crippen LogP contribution in [-0.2, 0) is 10.8 Å². The molecule has 0 radical (unpaired) electrons. The first kappa shape index (κ1) is 31.1. The van der Waals surface area contributed by atoms with Gasteiger partial charge in [0.15, 0.2) is 0 Å². The molecule has 2 aliphatic carbocycles. The molecule has 0 unspecified atom stereocenters. The Labute approximate surface area is 302 Å². The van der Waals surface area contributed by atoms with Crippen LogP contribution in [0.2, 0.25) is 0 Å². The topological polar surface area (TPSA) is 3.24 Å². The minimum Gasteiger partial charge on any atom is -0.311 e. The lowest BCUT2D eigenvalue weighted by Crippen LogP contribution is -2.19. The fourth-order valence-electron chi connectivity index (χ4n) is 8.66. The molecule has 0 bridgehead atoms. The number of rotatable bonds is 6. The van der Waals surface area contributed by atoms with Crippen molar-refractivity contribution in [2.75, 3.05) is 4.90 Å². The van der Waals surface area contributed by atoms with Gasteiger partial charge in [-0.1, -0.05) is 161 Å². The Morgan fingerprint density at radius 3 is 1.16 bits per heavy atom. The molecule has 2 aliphatic rings. The molecule has 51 heavy (non-hydrogen) atoms. The Kier molecular flexibility index (Phi) is 7.22. The Balaban J connectivity index is 1.07. The molecule has 1 nitrogen and oxygen atoms in total. The lowest BCUT2D eigenvalue weighted by Gasteiger charge is -2.28. The Hall–Kier alpha value is -5.92. The standard InChI is InChI=1S/C50H41N/c1-49(2)45-18-12-11-17-43(45)47-48(49)44-32-25-39(33-46(44)50(47,3)4)38-23-30-42(31-24-38)51(40-26-19-36(20-27-40)34-13-7-5-8-14-34)41-28-21-37(22-29-41)35-15-9-6-10-16-35/h5-33H,1-4H3. The van der Waals surface area contributed by atoms with E-state index < -0.39 is 0 Å². The van der Waals surface area contributed by atoms with Gasteiger partial charge in [-0.2, -0.15) is 0 Å². The summed E-state index contributed by atoms with van der Waals surface area (Å²) >= 11 is 0. The van der Waals surface area contributed by atoms with Crippen molar-refractivity contribution in [3.8, 4) is 33.4 Å². The zero-order chi connectivity index (χ0) is 34.7. The molecule has 0 N–H and O–H groups in total. The first-order valence-corrected chi connectivity index (χ1v) is 18.0. The second-order valence-electron chi connectivity index (χ2n) is 15.0. The van der Waals surface area contributed by atoms with Crippen molar-refractivity contribution in [2.24, 2.45) is 0 Å². The van der Waals surface area contributed by atoms with Gasteiger partial charge in [-0.05, 0) is 109 Å². The van der Waals surface area contributed by atoms with Crippen LogP contribution in [0, 0.1) is 0 Å². The molecule has 246 valence electrons. The summed E-state index contributed by atoms with van der Waals surface area (Å²) in [6.45, 7) is 9.59. The largest absolute Gasteiger partial charge is 0.311 e. The zero-order valence-electron chi connectivity index (χ0n) is 29.7. The predicted molar refractivity (Wildman–Crippen MR) is 217 cm³/mol. The highest BCUT2D eigenvalue weighted by Gasteiger charge is 2.49. The third-order valence-corrected chi connectivity index (χ3v) is 11.3. The number of fused-ring (bicyclic) bond motifs is 4. The normalized spacial score (nSPS) is 14.9. The van der Waals surface area contributed by atoms with Gasteiger partial charge in [0.05, 0.1) is 0 Å². The van der Waals surface area contributed by atoms with Crippen LogP contribution in [0.25, 0.3) is 44.5 Å². The van der Waals surface area contributed by atoms with E-state index in [1.807, 2.05) is 0 Å². The molecule has 9 rings (SSSR count). The zero-order valence-corrected chi connectivity index (χ0v) is 29.7. The summed E-state index contributed by atoms with van der Waals surface area (Å²) in [6, 6.07) is 64.2. The van der Waals surface area contributed by atoms with Crippen LogP contribution >= 0.6 is 0 Å². The summed E-state index contributed by atoms with van der Waals surface area (Å²) < 4.78 is 0. The molecular weight excluding hydrogens is 615 g/mol. The summed E-state index contributed by atoms with van der Waals surface area (Å²) in [5.41, 5.74) is 19.3. The molecule has 7 aromatic rings. The molecule has 0 amide bonds. The van der Waals surface area contributed by atoms with E-state index in [9.17, 15) is 0 Å². The molecule has 0 saturated heterocycles. The molecule has 0 heterocycles. The second-order valence-corrected chi connectivity index (χ2v) is 15.0. The smallest absolute Gasteiger partial charge is 0.0462 e. The summed E-state index contributed by atoms with van der Waals surface area (Å²) in [6.07, 6.45) is 0. The number of allylic oxidation sites excluding steroid dienone is 2. The van der Waals surface area contributed by atoms with Gasteiger partial charge >= 0.3 is 0 Å². The molecule has 0 fully saturated rings. The first-order valence-electron chi connectivity index (χ1n) is 18.0. The minimum absolute atomic E-state index is 0.0142. The third kappa shape index (κ3) is 5.07. The lowest BCUT2D eigenvalue weighted by molar-refractivity contribution is 0.694. The first-order chi connectivity index (χ1) is 24.8. The van der Waals surface area contributed by atoms with E-state index in [0.29, 0.717) is 0 Å². The van der Waals surface area contributed by atoms with E-state index in [1.165, 1.54) is 66.8 Å². The van der Waals surface area contributed by atoms with Gasteiger partial charge in [0, 0.05) is 27.9 Å². The van der Waals surface area contributed by atoms with Crippen molar-refractivity contribution in [1.82, 2.24) is 0 Å². The molecule has 0 saturated carbocycles. The summed E-state index contributed by atoms with van der Waals surface area (Å²) in [7, 11) is 0. The van der Waals surface area contributed by atoms with Crippen molar-refractivity contribution in [3.05, 3.63) is 198 Å². The molecule has 1 heteroatoms. The van der Waals surface area contributed by atoms with Gasteiger partial charge < -0.3 is 4.90 Å². The van der Waals surface area contributed by atoms with E-state index >= 15 is 0 Å². The minimum atomic E-state index is -0.0703. The van der Waals surface area contributed by atoms with Crippen LogP contribution in [0.1, 0.15) is 49.9 Å². The quantitative estimate of drug-likeness (QED) is 0.172. The van der Waals surface area contributed by atoms with Crippen LogP contribution in [0.4, 0.5) is 17.1 Å². The van der Waals surface area contributed by atoms with E-state index in [0.717, 1.165) is 17.1 Å². The molecule has 0 aromatic heterocycles. The molecular formula is C50H41N. The average molecular weight is 656 g/mol. The van der Waals surface area contributed by atoms with Crippen LogP contribution in [0.15, 0.2) is 176 Å². The number of hydrogen-bond acceptors (Lipinski definition) is 1. The van der Waals surface area contributed by atoms with Crippen molar-refractivity contribution in [2.45, 2.75) is 38.5 Å². The maximum Gasteiger partial charge on any atom is 0.0462 e. The Morgan fingerprint density at radius 1 is 0.314 bits per heavy atom. The highest BCUT2D eigenvalue weighted by atomic mass is 15.1. The summed E-state index contributed by atoms with van der Waals surface area (Å²) in [4.78, 5) is 2.35. The Morgan fingerprint density at radius 2 is 0.667 bits per heavy atom. The van der Waals surface area contributed by atoms with E-state index in [4.69, 9.17) is 0 Å². The predicted octanol–water partition coefficient (Wildman–Crippen LogP) is 13.7. The molecule has 0 atom stereocenters. The van der Waals surface area contributed by atoms with Crippen LogP contribution in [-0.4, -0.2) is 0 Å². The van der Waals surface area contributed by atoms with Gasteiger partial charge in [-0.25, -0.2) is 0 Å². The van der Waals surface area contributed by atoms with Crippen molar-refractivity contribution >= 4 is 28.2 Å². The third-order valence-electron chi connectivity index (χ3n) is 11.3. The summed E-state index contributed by atoms with van der Waals surface area (Å²) in [5, 5.41) is 0. The highest BCUT2D eigenvalue weighted by molar-refractivity contribution is 6.09. The van der Waals surface area contributed by atoms with E-state index in [2.05, 4.69) is 209 Å². The number of hydrogen-bond donors (Lipinski definition) is 0. The Bertz CT molecular complexity index is 2330. The van der Waals surface area contributed by atoms with Gasteiger partial charge in [0.25, 0.3) is 0 Å². The van der Waals surface area contributed by atoms with E-state index in [1.54, 1.807) is 0 Å². The van der Waals surface area contributed by atoms with Gasteiger partial charge in [-0.3, -0.25) is 0 Å². The molecule has 0 aliphatic heterocycles. The number of nitrogens with zero attached hydrogens (tertiary/aromatic N) is 1. The van der Waals surface area contributed by atoms with Crippen LogP contribution < -0.4 is 4.90 Å². The van der Waals surface area contributed by atoms with Crippen molar-refractivity contribution in [1.29, 1.82) is 0 Å². The average Bonchev–Trinajstić information content (AvgIpc) is 3.58. The number of benzene rings is 7. The van der Waals surface area contributed by atoms with Crippen LogP contribution in [0.5, 0.6) is 0 Å².